The molecule has 1 unspecified atom stereocenters. The molecule has 0 rings (SSSR count). The maximum atomic E-state index is 9.49. The van der Waals surface area contributed by atoms with Gasteiger partial charge in [-0.1, -0.05) is 45.4 Å². The zero-order valence-electron chi connectivity index (χ0n) is 10.4. The van der Waals surface area contributed by atoms with Crippen molar-refractivity contribution < 1.29 is 15.3 Å². The van der Waals surface area contributed by atoms with Gasteiger partial charge in [0.2, 0.25) is 0 Å². The summed E-state index contributed by atoms with van der Waals surface area (Å²) in [5.41, 5.74) is 5.67. The number of rotatable bonds is 10. The van der Waals surface area contributed by atoms with Crippen LogP contribution in [0, 0.1) is 0 Å². The molecule has 0 saturated heterocycles. The second-order valence-electron chi connectivity index (χ2n) is 4.52. The molecule has 0 aromatic heterocycles. The third-order valence-electron chi connectivity index (χ3n) is 2.94. The quantitative estimate of drug-likeness (QED) is 0.336. The van der Waals surface area contributed by atoms with Crippen LogP contribution < -0.4 is 5.73 Å². The first kappa shape index (κ1) is 15.8. The van der Waals surface area contributed by atoms with Crippen LogP contribution in [-0.2, 0) is 0 Å². The average Bonchev–Trinajstić information content (AvgIpc) is 2.22. The monoisotopic (exact) mass is 233 g/mol. The van der Waals surface area contributed by atoms with Crippen LogP contribution in [0.3, 0.4) is 0 Å². The molecule has 0 aliphatic heterocycles. The lowest BCUT2D eigenvalue weighted by atomic mass is 9.98. The second-order valence-corrected chi connectivity index (χ2v) is 4.52. The minimum Gasteiger partial charge on any atom is -0.396 e. The lowest BCUT2D eigenvalue weighted by Crippen LogP contribution is -2.48. The van der Waals surface area contributed by atoms with Crippen molar-refractivity contribution in [1.29, 1.82) is 0 Å². The molecule has 4 heteroatoms. The van der Waals surface area contributed by atoms with Gasteiger partial charge in [-0.2, -0.15) is 0 Å². The van der Waals surface area contributed by atoms with Crippen molar-refractivity contribution in [1.82, 2.24) is 0 Å². The number of hydrogen-bond donors (Lipinski definition) is 4. The Hall–Kier alpha value is -0.160. The van der Waals surface area contributed by atoms with Gasteiger partial charge in [0.25, 0.3) is 0 Å². The summed E-state index contributed by atoms with van der Waals surface area (Å²) < 4.78 is 0. The van der Waals surface area contributed by atoms with Crippen LogP contribution in [0.5, 0.6) is 0 Å². The highest BCUT2D eigenvalue weighted by Crippen LogP contribution is 2.16. The van der Waals surface area contributed by atoms with Gasteiger partial charge in [-0.3, -0.25) is 0 Å². The predicted molar refractivity (Wildman–Crippen MR) is 64.8 cm³/mol. The van der Waals surface area contributed by atoms with Crippen molar-refractivity contribution in [2.24, 2.45) is 5.73 Å². The van der Waals surface area contributed by atoms with E-state index < -0.39 is 11.8 Å². The maximum Gasteiger partial charge on any atom is 0.180 e. The van der Waals surface area contributed by atoms with E-state index in [1.54, 1.807) is 0 Å². The lowest BCUT2D eigenvalue weighted by Gasteiger charge is -2.27. The molecule has 0 aliphatic carbocycles. The standard InChI is InChI=1S/C12H27NO3/c1-2-3-4-5-6-7-8-11(13)12(15,16)9-10-14/h11,14-16H,2-10,13H2,1H3. The average molecular weight is 233 g/mol. The molecule has 0 heterocycles. The minimum absolute atomic E-state index is 0.0794. The van der Waals surface area contributed by atoms with Gasteiger partial charge in [0.1, 0.15) is 0 Å². The Morgan fingerprint density at radius 3 is 2.19 bits per heavy atom. The molecule has 4 nitrogen and oxygen atoms in total. The smallest absolute Gasteiger partial charge is 0.180 e. The van der Waals surface area contributed by atoms with Crippen molar-refractivity contribution in [3.8, 4) is 0 Å². The van der Waals surface area contributed by atoms with Crippen molar-refractivity contribution >= 4 is 0 Å². The number of aliphatic hydroxyl groups is 3. The van der Waals surface area contributed by atoms with Crippen molar-refractivity contribution in [2.75, 3.05) is 6.61 Å². The van der Waals surface area contributed by atoms with E-state index in [0.717, 1.165) is 12.8 Å². The number of unbranched alkanes of at least 4 members (excludes halogenated alkanes) is 5. The molecule has 0 amide bonds. The van der Waals surface area contributed by atoms with Gasteiger partial charge in [-0.05, 0) is 6.42 Å². The van der Waals surface area contributed by atoms with E-state index in [-0.39, 0.29) is 13.0 Å². The Kier molecular flexibility index (Phi) is 8.84. The Bertz CT molecular complexity index is 162. The largest absolute Gasteiger partial charge is 0.396 e. The SMILES string of the molecule is CCCCCCCCC(N)C(O)(O)CCO. The first-order chi connectivity index (χ1) is 7.54. The molecule has 1 atom stereocenters. The van der Waals surface area contributed by atoms with Crippen molar-refractivity contribution in [2.45, 2.75) is 70.1 Å². The summed E-state index contributed by atoms with van der Waals surface area (Å²) in [5, 5.41) is 27.6. The Balaban J connectivity index is 3.52. The molecule has 16 heavy (non-hydrogen) atoms. The molecule has 0 aromatic carbocycles. The first-order valence-corrected chi connectivity index (χ1v) is 6.35. The highest BCUT2D eigenvalue weighted by atomic mass is 16.5. The first-order valence-electron chi connectivity index (χ1n) is 6.35. The topological polar surface area (TPSA) is 86.7 Å². The van der Waals surface area contributed by atoms with E-state index in [1.165, 1.54) is 25.7 Å². The van der Waals surface area contributed by atoms with Crippen molar-refractivity contribution in [3.63, 3.8) is 0 Å². The Morgan fingerprint density at radius 2 is 1.62 bits per heavy atom. The highest BCUT2D eigenvalue weighted by molar-refractivity contribution is 4.78. The summed E-state index contributed by atoms with van der Waals surface area (Å²) in [6, 6.07) is -0.661. The van der Waals surface area contributed by atoms with Gasteiger partial charge in [0.05, 0.1) is 6.04 Å². The van der Waals surface area contributed by atoms with E-state index in [4.69, 9.17) is 10.8 Å². The Morgan fingerprint density at radius 1 is 1.06 bits per heavy atom. The van der Waals surface area contributed by atoms with Crippen LogP contribution in [0.15, 0.2) is 0 Å². The molecule has 0 fully saturated rings. The fraction of sp³-hybridized carbons (Fsp3) is 1.00. The van der Waals surface area contributed by atoms with E-state index in [2.05, 4.69) is 6.92 Å². The second kappa shape index (κ2) is 8.93. The number of aliphatic hydroxyl groups excluding tert-OH is 1. The normalized spacial score (nSPS) is 14.1. The van der Waals surface area contributed by atoms with E-state index in [1.807, 2.05) is 0 Å². The van der Waals surface area contributed by atoms with E-state index >= 15 is 0 Å². The zero-order chi connectivity index (χ0) is 12.4. The van der Waals surface area contributed by atoms with Crippen LogP contribution >= 0.6 is 0 Å². The van der Waals surface area contributed by atoms with E-state index in [0.29, 0.717) is 6.42 Å². The molecule has 5 N–H and O–H groups in total. The minimum atomic E-state index is -1.92. The van der Waals surface area contributed by atoms with Gasteiger partial charge in [-0.25, -0.2) is 0 Å². The lowest BCUT2D eigenvalue weighted by molar-refractivity contribution is -0.187. The highest BCUT2D eigenvalue weighted by Gasteiger charge is 2.30. The molecule has 0 radical (unpaired) electrons. The fourth-order valence-corrected chi connectivity index (χ4v) is 1.73. The molecular weight excluding hydrogens is 206 g/mol. The number of nitrogens with two attached hydrogens (primary N) is 1. The summed E-state index contributed by atoms with van der Waals surface area (Å²) in [4.78, 5) is 0. The Labute approximate surface area is 98.5 Å². The summed E-state index contributed by atoms with van der Waals surface area (Å²) in [6.45, 7) is 1.92. The van der Waals surface area contributed by atoms with Crippen LogP contribution in [0.2, 0.25) is 0 Å². The summed E-state index contributed by atoms with van der Waals surface area (Å²) >= 11 is 0. The molecule has 0 aromatic rings. The molecule has 0 bridgehead atoms. The van der Waals surface area contributed by atoms with Gasteiger partial charge < -0.3 is 21.1 Å². The molecule has 0 saturated carbocycles. The number of hydrogen-bond acceptors (Lipinski definition) is 4. The molecule has 0 spiro atoms. The molecule has 0 aliphatic rings. The third kappa shape index (κ3) is 7.17. The van der Waals surface area contributed by atoms with E-state index in [9.17, 15) is 10.2 Å². The zero-order valence-corrected chi connectivity index (χ0v) is 10.4. The predicted octanol–water partition coefficient (Wildman–Crippen LogP) is 1.13. The van der Waals surface area contributed by atoms with Crippen LogP contribution in [0.25, 0.3) is 0 Å². The van der Waals surface area contributed by atoms with Crippen LogP contribution in [-0.4, -0.2) is 33.8 Å². The maximum absolute atomic E-state index is 9.49. The summed E-state index contributed by atoms with van der Waals surface area (Å²) in [7, 11) is 0. The van der Waals surface area contributed by atoms with Gasteiger partial charge in [0.15, 0.2) is 5.79 Å². The van der Waals surface area contributed by atoms with Gasteiger partial charge >= 0.3 is 0 Å². The summed E-state index contributed by atoms with van der Waals surface area (Å²) in [5.74, 6) is -1.92. The van der Waals surface area contributed by atoms with Gasteiger partial charge in [-0.15, -0.1) is 0 Å². The molecule has 98 valence electrons. The fourth-order valence-electron chi connectivity index (χ4n) is 1.73. The summed E-state index contributed by atoms with van der Waals surface area (Å²) in [6.07, 6.45) is 7.44. The third-order valence-corrected chi connectivity index (χ3v) is 2.94. The van der Waals surface area contributed by atoms with Crippen molar-refractivity contribution in [3.05, 3.63) is 0 Å². The molecular formula is C12H27NO3. The van der Waals surface area contributed by atoms with Crippen LogP contribution in [0.1, 0.15) is 58.3 Å². The van der Waals surface area contributed by atoms with Gasteiger partial charge in [0, 0.05) is 13.0 Å². The van der Waals surface area contributed by atoms with Crippen LogP contribution in [0.4, 0.5) is 0 Å².